The van der Waals surface area contributed by atoms with Crippen molar-refractivity contribution in [3.05, 3.63) is 65.6 Å². The molecule has 0 aliphatic carbocycles. The Morgan fingerprint density at radius 1 is 1.21 bits per heavy atom. The van der Waals surface area contributed by atoms with E-state index in [1.165, 1.54) is 0 Å². The van der Waals surface area contributed by atoms with Crippen LogP contribution in [-0.2, 0) is 24.5 Å². The number of aryl methyl sites for hydroxylation is 1. The molecule has 4 rings (SSSR count). The fourth-order valence-electron chi connectivity index (χ4n) is 3.53. The number of hydrogen-bond acceptors (Lipinski definition) is 6. The van der Waals surface area contributed by atoms with Crippen LogP contribution in [0.4, 0.5) is 0 Å². The van der Waals surface area contributed by atoms with E-state index in [1.807, 2.05) is 48.4 Å². The molecule has 1 aliphatic heterocycles. The SMILES string of the molecule is CCn1ccc(C(=O)N2CCCCC2c2noc(COCc3ccccc3)n2)n1. The Labute approximate surface area is 169 Å². The molecule has 152 valence electrons. The zero-order valence-electron chi connectivity index (χ0n) is 16.5. The van der Waals surface area contributed by atoms with Gasteiger partial charge in [-0.2, -0.15) is 10.1 Å². The van der Waals surface area contributed by atoms with E-state index >= 15 is 0 Å². The number of likely N-dealkylation sites (tertiary alicyclic amines) is 1. The first-order valence-corrected chi connectivity index (χ1v) is 10.0. The van der Waals surface area contributed by atoms with Gasteiger partial charge in [-0.05, 0) is 37.8 Å². The van der Waals surface area contributed by atoms with Crippen LogP contribution in [0.3, 0.4) is 0 Å². The summed E-state index contributed by atoms with van der Waals surface area (Å²) in [4.78, 5) is 19.3. The van der Waals surface area contributed by atoms with E-state index in [9.17, 15) is 4.79 Å². The monoisotopic (exact) mass is 395 g/mol. The molecule has 0 bridgehead atoms. The fraction of sp³-hybridized carbons (Fsp3) is 0.429. The molecule has 3 aromatic rings. The molecule has 3 heterocycles. The Morgan fingerprint density at radius 2 is 2.07 bits per heavy atom. The minimum Gasteiger partial charge on any atom is -0.367 e. The second kappa shape index (κ2) is 9.00. The summed E-state index contributed by atoms with van der Waals surface area (Å²) in [5, 5.41) is 8.48. The van der Waals surface area contributed by atoms with Crippen molar-refractivity contribution in [1.29, 1.82) is 0 Å². The third kappa shape index (κ3) is 4.54. The number of aromatic nitrogens is 4. The van der Waals surface area contributed by atoms with Crippen LogP contribution < -0.4 is 0 Å². The summed E-state index contributed by atoms with van der Waals surface area (Å²) >= 11 is 0. The summed E-state index contributed by atoms with van der Waals surface area (Å²) in [7, 11) is 0. The lowest BCUT2D eigenvalue weighted by atomic mass is 10.0. The number of nitrogens with zero attached hydrogens (tertiary/aromatic N) is 5. The highest BCUT2D eigenvalue weighted by atomic mass is 16.5. The van der Waals surface area contributed by atoms with Gasteiger partial charge in [0.05, 0.1) is 12.6 Å². The van der Waals surface area contributed by atoms with E-state index in [4.69, 9.17) is 9.26 Å². The first-order chi connectivity index (χ1) is 14.2. The normalized spacial score (nSPS) is 16.9. The van der Waals surface area contributed by atoms with Crippen molar-refractivity contribution in [3.8, 4) is 0 Å². The number of hydrogen-bond donors (Lipinski definition) is 0. The second-order valence-corrected chi connectivity index (χ2v) is 7.09. The van der Waals surface area contributed by atoms with Crippen LogP contribution in [0.2, 0.25) is 0 Å². The quantitative estimate of drug-likeness (QED) is 0.610. The van der Waals surface area contributed by atoms with E-state index in [-0.39, 0.29) is 18.6 Å². The minimum absolute atomic E-state index is 0.0893. The fourth-order valence-corrected chi connectivity index (χ4v) is 3.53. The van der Waals surface area contributed by atoms with Crippen molar-refractivity contribution in [1.82, 2.24) is 24.8 Å². The van der Waals surface area contributed by atoms with Gasteiger partial charge in [0.2, 0.25) is 0 Å². The third-order valence-corrected chi connectivity index (χ3v) is 5.07. The summed E-state index contributed by atoms with van der Waals surface area (Å²) in [6.45, 7) is 4.10. The van der Waals surface area contributed by atoms with Crippen molar-refractivity contribution < 1.29 is 14.1 Å². The molecule has 8 heteroatoms. The van der Waals surface area contributed by atoms with Gasteiger partial charge in [-0.1, -0.05) is 35.5 Å². The standard InChI is InChI=1S/C21H25N5O3/c1-2-25-13-11-17(23-25)21(27)26-12-7-6-10-18(26)20-22-19(29-24-20)15-28-14-16-8-4-3-5-9-16/h3-5,8-9,11,13,18H,2,6-7,10,12,14-15H2,1H3. The average Bonchev–Trinajstić information content (AvgIpc) is 3.44. The summed E-state index contributed by atoms with van der Waals surface area (Å²) in [6, 6.07) is 11.5. The smallest absolute Gasteiger partial charge is 0.274 e. The highest BCUT2D eigenvalue weighted by molar-refractivity contribution is 5.92. The molecule has 1 fully saturated rings. The number of ether oxygens (including phenoxy) is 1. The molecular formula is C21H25N5O3. The Morgan fingerprint density at radius 3 is 2.86 bits per heavy atom. The van der Waals surface area contributed by atoms with Gasteiger partial charge in [0.1, 0.15) is 12.3 Å². The van der Waals surface area contributed by atoms with Crippen molar-refractivity contribution in [3.63, 3.8) is 0 Å². The molecule has 0 spiro atoms. The Balaban J connectivity index is 1.41. The Hall–Kier alpha value is -3.00. The van der Waals surface area contributed by atoms with Gasteiger partial charge < -0.3 is 14.2 Å². The zero-order chi connectivity index (χ0) is 20.1. The number of amides is 1. The van der Waals surface area contributed by atoms with Gasteiger partial charge in [0.15, 0.2) is 5.82 Å². The van der Waals surface area contributed by atoms with Gasteiger partial charge in [-0.15, -0.1) is 0 Å². The van der Waals surface area contributed by atoms with E-state index in [0.717, 1.165) is 31.4 Å². The highest BCUT2D eigenvalue weighted by Crippen LogP contribution is 2.30. The predicted molar refractivity (Wildman–Crippen MR) is 105 cm³/mol. The van der Waals surface area contributed by atoms with Crippen LogP contribution in [0.15, 0.2) is 47.1 Å². The van der Waals surface area contributed by atoms with Crippen LogP contribution in [-0.4, -0.2) is 37.3 Å². The predicted octanol–water partition coefficient (Wildman–Crippen LogP) is 3.37. The maximum atomic E-state index is 13.0. The maximum Gasteiger partial charge on any atom is 0.274 e. The van der Waals surface area contributed by atoms with Crippen molar-refractivity contribution >= 4 is 5.91 Å². The molecule has 0 radical (unpaired) electrons. The largest absolute Gasteiger partial charge is 0.367 e. The molecule has 29 heavy (non-hydrogen) atoms. The molecule has 8 nitrogen and oxygen atoms in total. The molecule has 0 saturated carbocycles. The molecule has 0 N–H and O–H groups in total. The van der Waals surface area contributed by atoms with Gasteiger partial charge in [-0.3, -0.25) is 9.48 Å². The van der Waals surface area contributed by atoms with Crippen LogP contribution in [0, 0.1) is 0 Å². The van der Waals surface area contributed by atoms with Crippen LogP contribution in [0.25, 0.3) is 0 Å². The lowest BCUT2D eigenvalue weighted by molar-refractivity contribution is 0.0589. The molecular weight excluding hydrogens is 370 g/mol. The molecule has 1 aliphatic rings. The number of piperidine rings is 1. The minimum atomic E-state index is -0.199. The Bertz CT molecular complexity index is 937. The van der Waals surface area contributed by atoms with Crippen LogP contribution in [0.5, 0.6) is 0 Å². The number of rotatable bonds is 7. The topological polar surface area (TPSA) is 86.3 Å². The third-order valence-electron chi connectivity index (χ3n) is 5.07. The van der Waals surface area contributed by atoms with E-state index in [2.05, 4.69) is 15.2 Å². The van der Waals surface area contributed by atoms with E-state index in [1.54, 1.807) is 10.7 Å². The first kappa shape index (κ1) is 19.3. The van der Waals surface area contributed by atoms with E-state index in [0.29, 0.717) is 30.6 Å². The van der Waals surface area contributed by atoms with Gasteiger partial charge in [0, 0.05) is 19.3 Å². The van der Waals surface area contributed by atoms with Crippen molar-refractivity contribution in [2.24, 2.45) is 0 Å². The number of carbonyl (C=O) groups is 1. The van der Waals surface area contributed by atoms with Gasteiger partial charge in [-0.25, -0.2) is 0 Å². The van der Waals surface area contributed by atoms with Crippen molar-refractivity contribution in [2.75, 3.05) is 6.54 Å². The molecule has 2 aromatic heterocycles. The first-order valence-electron chi connectivity index (χ1n) is 10.0. The number of benzene rings is 1. The van der Waals surface area contributed by atoms with Crippen LogP contribution >= 0.6 is 0 Å². The van der Waals surface area contributed by atoms with Crippen LogP contribution in [0.1, 0.15) is 60.0 Å². The summed E-state index contributed by atoms with van der Waals surface area (Å²) in [6.07, 6.45) is 4.61. The molecule has 1 saturated heterocycles. The maximum absolute atomic E-state index is 13.0. The lowest BCUT2D eigenvalue weighted by Gasteiger charge is -2.33. The molecule has 1 aromatic carbocycles. The summed E-state index contributed by atoms with van der Waals surface area (Å²) < 4.78 is 12.8. The number of carbonyl (C=O) groups excluding carboxylic acids is 1. The second-order valence-electron chi connectivity index (χ2n) is 7.09. The lowest BCUT2D eigenvalue weighted by Crippen LogP contribution is -2.39. The molecule has 1 amide bonds. The molecule has 1 unspecified atom stereocenters. The molecule has 1 atom stereocenters. The van der Waals surface area contributed by atoms with Crippen molar-refractivity contribution in [2.45, 2.75) is 52.0 Å². The van der Waals surface area contributed by atoms with Gasteiger partial charge in [0.25, 0.3) is 11.8 Å². The highest BCUT2D eigenvalue weighted by Gasteiger charge is 2.33. The zero-order valence-corrected chi connectivity index (χ0v) is 16.5. The Kier molecular flexibility index (Phi) is 6.00. The van der Waals surface area contributed by atoms with Gasteiger partial charge >= 0.3 is 0 Å². The summed E-state index contributed by atoms with van der Waals surface area (Å²) in [5.41, 5.74) is 1.54. The van der Waals surface area contributed by atoms with E-state index < -0.39 is 0 Å². The average molecular weight is 395 g/mol. The summed E-state index contributed by atoms with van der Waals surface area (Å²) in [5.74, 6) is 0.865.